The number of carbonyl (C=O) groups is 1. The molecule has 0 aliphatic rings. The summed E-state index contributed by atoms with van der Waals surface area (Å²) in [5, 5.41) is 0.918. The maximum absolute atomic E-state index is 12.1. The van der Waals surface area contributed by atoms with Gasteiger partial charge in [0.2, 0.25) is 0 Å². The summed E-state index contributed by atoms with van der Waals surface area (Å²) in [6.45, 7) is 0.703. The van der Waals surface area contributed by atoms with Gasteiger partial charge < -0.3 is 4.90 Å². The lowest BCUT2D eigenvalue weighted by atomic mass is 10.2. The van der Waals surface area contributed by atoms with Crippen molar-refractivity contribution >= 4 is 40.7 Å². The van der Waals surface area contributed by atoms with Crippen molar-refractivity contribution in [3.63, 3.8) is 0 Å². The summed E-state index contributed by atoms with van der Waals surface area (Å²) in [5.41, 5.74) is 0.487. The molecule has 5 heteroatoms. The molecule has 0 atom stereocenters. The number of amides is 1. The summed E-state index contributed by atoms with van der Waals surface area (Å²) >= 11 is 17.4. The van der Waals surface area contributed by atoms with E-state index in [1.54, 1.807) is 30.1 Å². The highest BCUT2D eigenvalue weighted by molar-refractivity contribution is 6.36. The van der Waals surface area contributed by atoms with Gasteiger partial charge in [-0.1, -0.05) is 29.6 Å². The second kappa shape index (κ2) is 7.88. The molecule has 0 N–H and O–H groups in total. The highest BCUT2D eigenvalue weighted by Crippen LogP contribution is 2.22. The molecule has 0 heterocycles. The molecule has 1 aromatic carbocycles. The third-order valence-electron chi connectivity index (χ3n) is 2.64. The fraction of sp³-hybridized carbons (Fsp3) is 0.462. The van der Waals surface area contributed by atoms with Gasteiger partial charge in [0.15, 0.2) is 0 Å². The number of hydrogen-bond donors (Lipinski definition) is 0. The summed E-state index contributed by atoms with van der Waals surface area (Å²) in [6, 6.07) is 4.90. The summed E-state index contributed by atoms with van der Waals surface area (Å²) in [5.74, 6) is 0.586. The Morgan fingerprint density at radius 3 is 2.56 bits per heavy atom. The number of unbranched alkanes of at least 4 members (excludes halogenated alkanes) is 2. The zero-order chi connectivity index (χ0) is 13.5. The second-order valence-electron chi connectivity index (χ2n) is 4.10. The Morgan fingerprint density at radius 1 is 1.22 bits per heavy atom. The Morgan fingerprint density at radius 2 is 1.94 bits per heavy atom. The molecule has 18 heavy (non-hydrogen) atoms. The fourth-order valence-electron chi connectivity index (χ4n) is 1.59. The molecular weight excluding hydrogens is 293 g/mol. The van der Waals surface area contributed by atoms with E-state index < -0.39 is 0 Å². The molecule has 1 amide bonds. The minimum atomic E-state index is -0.0810. The predicted molar refractivity (Wildman–Crippen MR) is 78.0 cm³/mol. The molecule has 0 saturated heterocycles. The minimum Gasteiger partial charge on any atom is -0.342 e. The number of hydrogen-bond acceptors (Lipinski definition) is 1. The monoisotopic (exact) mass is 307 g/mol. The van der Waals surface area contributed by atoms with Gasteiger partial charge in [-0.2, -0.15) is 0 Å². The Hall–Kier alpha value is -0.440. The minimum absolute atomic E-state index is 0.0810. The summed E-state index contributed by atoms with van der Waals surface area (Å²) in [4.78, 5) is 13.8. The van der Waals surface area contributed by atoms with E-state index in [-0.39, 0.29) is 5.91 Å². The lowest BCUT2D eigenvalue weighted by Gasteiger charge is -2.17. The Balaban J connectivity index is 2.57. The zero-order valence-electron chi connectivity index (χ0n) is 10.3. The van der Waals surface area contributed by atoms with E-state index in [4.69, 9.17) is 34.8 Å². The van der Waals surface area contributed by atoms with Gasteiger partial charge >= 0.3 is 0 Å². The number of rotatable bonds is 6. The van der Waals surface area contributed by atoms with E-state index in [0.717, 1.165) is 19.3 Å². The Labute approximate surface area is 123 Å². The maximum Gasteiger partial charge on any atom is 0.255 e. The first-order valence-electron chi connectivity index (χ1n) is 5.82. The number of halogens is 3. The average Bonchev–Trinajstić information content (AvgIpc) is 2.33. The van der Waals surface area contributed by atoms with E-state index in [9.17, 15) is 4.79 Å². The van der Waals surface area contributed by atoms with Gasteiger partial charge in [0, 0.05) is 24.5 Å². The van der Waals surface area contributed by atoms with Gasteiger partial charge in [-0.05, 0) is 31.0 Å². The van der Waals surface area contributed by atoms with Gasteiger partial charge in [0.25, 0.3) is 5.91 Å². The van der Waals surface area contributed by atoms with Crippen LogP contribution < -0.4 is 0 Å². The fourth-order valence-corrected chi connectivity index (χ4v) is 2.27. The van der Waals surface area contributed by atoms with Crippen LogP contribution in [0.4, 0.5) is 0 Å². The lowest BCUT2D eigenvalue weighted by Crippen LogP contribution is -2.28. The number of nitrogens with zero attached hydrogens (tertiary/aromatic N) is 1. The first kappa shape index (κ1) is 15.6. The smallest absolute Gasteiger partial charge is 0.255 e. The zero-order valence-corrected chi connectivity index (χ0v) is 12.5. The first-order chi connectivity index (χ1) is 8.56. The van der Waals surface area contributed by atoms with Crippen LogP contribution in [0, 0.1) is 0 Å². The van der Waals surface area contributed by atoms with Crippen LogP contribution in [0.2, 0.25) is 10.0 Å². The second-order valence-corrected chi connectivity index (χ2v) is 5.32. The van der Waals surface area contributed by atoms with E-state index in [2.05, 4.69) is 0 Å². The topological polar surface area (TPSA) is 20.3 Å². The Bertz CT molecular complexity index is 409. The molecule has 1 aromatic rings. The largest absolute Gasteiger partial charge is 0.342 e. The van der Waals surface area contributed by atoms with Crippen LogP contribution >= 0.6 is 34.8 Å². The molecule has 1 rings (SSSR count). The summed E-state index contributed by atoms with van der Waals surface area (Å²) < 4.78 is 0. The van der Waals surface area contributed by atoms with Crippen molar-refractivity contribution in [2.45, 2.75) is 19.3 Å². The lowest BCUT2D eigenvalue weighted by molar-refractivity contribution is 0.0793. The van der Waals surface area contributed by atoms with Gasteiger partial charge in [0.1, 0.15) is 0 Å². The standard InChI is InChI=1S/C13H16Cl3NO/c1-17(8-4-2-3-7-14)13(18)11-6-5-10(15)9-12(11)16/h5-6,9H,2-4,7-8H2,1H3. The molecule has 100 valence electrons. The van der Waals surface area contributed by atoms with E-state index in [0.29, 0.717) is 28.0 Å². The molecule has 0 bridgehead atoms. The highest BCUT2D eigenvalue weighted by Gasteiger charge is 2.14. The van der Waals surface area contributed by atoms with Crippen LogP contribution in [-0.4, -0.2) is 30.3 Å². The molecule has 0 aliphatic heterocycles. The van der Waals surface area contributed by atoms with Crippen LogP contribution in [0.1, 0.15) is 29.6 Å². The predicted octanol–water partition coefficient (Wildman–Crippen LogP) is 4.47. The van der Waals surface area contributed by atoms with Crippen molar-refractivity contribution < 1.29 is 4.79 Å². The third kappa shape index (κ3) is 4.68. The third-order valence-corrected chi connectivity index (χ3v) is 3.45. The van der Waals surface area contributed by atoms with E-state index in [1.165, 1.54) is 0 Å². The molecule has 0 aromatic heterocycles. The van der Waals surface area contributed by atoms with Crippen LogP contribution in [0.5, 0.6) is 0 Å². The normalized spacial score (nSPS) is 10.4. The van der Waals surface area contributed by atoms with Gasteiger partial charge in [-0.15, -0.1) is 11.6 Å². The molecular formula is C13H16Cl3NO. The van der Waals surface area contributed by atoms with Crippen molar-refractivity contribution in [2.24, 2.45) is 0 Å². The van der Waals surface area contributed by atoms with Gasteiger partial charge in [0.05, 0.1) is 10.6 Å². The molecule has 0 unspecified atom stereocenters. The molecule has 0 fully saturated rings. The van der Waals surface area contributed by atoms with Crippen molar-refractivity contribution in [3.05, 3.63) is 33.8 Å². The number of carbonyl (C=O) groups excluding carboxylic acids is 1. The van der Waals surface area contributed by atoms with Crippen molar-refractivity contribution in [2.75, 3.05) is 19.5 Å². The summed E-state index contributed by atoms with van der Waals surface area (Å²) in [7, 11) is 1.77. The summed E-state index contributed by atoms with van der Waals surface area (Å²) in [6.07, 6.45) is 2.95. The van der Waals surface area contributed by atoms with Crippen molar-refractivity contribution in [1.29, 1.82) is 0 Å². The Kier molecular flexibility index (Phi) is 6.83. The van der Waals surface area contributed by atoms with Crippen LogP contribution in [0.3, 0.4) is 0 Å². The molecule has 0 saturated carbocycles. The van der Waals surface area contributed by atoms with Crippen LogP contribution in [0.15, 0.2) is 18.2 Å². The maximum atomic E-state index is 12.1. The van der Waals surface area contributed by atoms with Crippen LogP contribution in [-0.2, 0) is 0 Å². The first-order valence-corrected chi connectivity index (χ1v) is 7.11. The van der Waals surface area contributed by atoms with Gasteiger partial charge in [-0.25, -0.2) is 0 Å². The van der Waals surface area contributed by atoms with Gasteiger partial charge in [-0.3, -0.25) is 4.79 Å². The van der Waals surface area contributed by atoms with Crippen molar-refractivity contribution in [3.8, 4) is 0 Å². The number of alkyl halides is 1. The molecule has 0 radical (unpaired) electrons. The SMILES string of the molecule is CN(CCCCCCl)C(=O)c1ccc(Cl)cc1Cl. The van der Waals surface area contributed by atoms with Crippen molar-refractivity contribution in [1.82, 2.24) is 4.90 Å². The van der Waals surface area contributed by atoms with E-state index in [1.807, 2.05) is 0 Å². The van der Waals surface area contributed by atoms with Crippen LogP contribution in [0.25, 0.3) is 0 Å². The average molecular weight is 309 g/mol. The molecule has 0 spiro atoms. The molecule has 2 nitrogen and oxygen atoms in total. The number of benzene rings is 1. The molecule has 0 aliphatic carbocycles. The van der Waals surface area contributed by atoms with E-state index >= 15 is 0 Å². The quantitative estimate of drug-likeness (QED) is 0.560. The highest BCUT2D eigenvalue weighted by atomic mass is 35.5.